The van der Waals surface area contributed by atoms with Crippen LogP contribution in [0.3, 0.4) is 0 Å². The zero-order valence-electron chi connectivity index (χ0n) is 9.83. The topological polar surface area (TPSA) is 75.1 Å². The van der Waals surface area contributed by atoms with Crippen molar-refractivity contribution in [1.82, 2.24) is 9.55 Å². The molecule has 5 nitrogen and oxygen atoms in total. The van der Waals surface area contributed by atoms with Crippen molar-refractivity contribution in [3.63, 3.8) is 0 Å². The maximum Gasteiger partial charge on any atom is 0.333 e. The first kappa shape index (κ1) is 11.3. The van der Waals surface area contributed by atoms with Crippen LogP contribution in [0.2, 0.25) is 0 Å². The van der Waals surface area contributed by atoms with Crippen LogP contribution in [0.4, 0.5) is 0 Å². The fourth-order valence-electron chi connectivity index (χ4n) is 2.03. The number of nitrogens with one attached hydrogen (secondary N) is 1. The Morgan fingerprint density at radius 2 is 1.79 bits per heavy atom. The highest BCUT2D eigenvalue weighted by molar-refractivity contribution is 5.77. The van der Waals surface area contributed by atoms with Gasteiger partial charge in [0.1, 0.15) is 5.75 Å². The van der Waals surface area contributed by atoms with Gasteiger partial charge in [-0.15, -0.1) is 0 Å². The summed E-state index contributed by atoms with van der Waals surface area (Å²) in [7, 11) is 0. The van der Waals surface area contributed by atoms with E-state index in [1.807, 2.05) is 0 Å². The number of aromatic nitrogens is 2. The summed E-state index contributed by atoms with van der Waals surface area (Å²) in [5, 5.41) is 9.86. The van der Waals surface area contributed by atoms with Crippen molar-refractivity contribution in [3.05, 3.63) is 69.4 Å². The molecule has 3 rings (SSSR count). The van der Waals surface area contributed by atoms with Gasteiger partial charge in [-0.3, -0.25) is 4.79 Å². The molecule has 0 spiro atoms. The van der Waals surface area contributed by atoms with Crippen LogP contribution in [0.1, 0.15) is 0 Å². The maximum atomic E-state index is 12.3. The number of hydrogen-bond donors (Lipinski definition) is 2. The van der Waals surface area contributed by atoms with Crippen molar-refractivity contribution >= 4 is 10.9 Å². The summed E-state index contributed by atoms with van der Waals surface area (Å²) >= 11 is 0. The van der Waals surface area contributed by atoms with Crippen LogP contribution in [0, 0.1) is 0 Å². The van der Waals surface area contributed by atoms with Crippen LogP contribution in [-0.4, -0.2) is 14.7 Å². The maximum absolute atomic E-state index is 12.3. The van der Waals surface area contributed by atoms with E-state index in [0.29, 0.717) is 16.6 Å². The number of rotatable bonds is 1. The molecule has 1 aromatic heterocycles. The number of fused-ring (bicyclic) bond motifs is 1. The van der Waals surface area contributed by atoms with Crippen LogP contribution in [0.15, 0.2) is 58.1 Å². The van der Waals surface area contributed by atoms with Crippen LogP contribution in [-0.2, 0) is 0 Å². The van der Waals surface area contributed by atoms with Crippen molar-refractivity contribution in [2.24, 2.45) is 0 Å². The summed E-state index contributed by atoms with van der Waals surface area (Å²) in [4.78, 5) is 27.0. The predicted octanol–water partition coefficient (Wildman–Crippen LogP) is 1.38. The molecule has 2 aromatic carbocycles. The van der Waals surface area contributed by atoms with Crippen LogP contribution in [0.5, 0.6) is 5.75 Å². The second-order valence-corrected chi connectivity index (χ2v) is 4.14. The number of benzene rings is 2. The largest absolute Gasteiger partial charge is 0.508 e. The van der Waals surface area contributed by atoms with Gasteiger partial charge in [-0.1, -0.05) is 18.2 Å². The molecule has 0 saturated heterocycles. The first-order valence-electron chi connectivity index (χ1n) is 5.70. The number of aromatic amines is 1. The number of phenols is 1. The minimum atomic E-state index is -0.533. The van der Waals surface area contributed by atoms with E-state index in [1.165, 1.54) is 12.1 Å². The Labute approximate surface area is 107 Å². The molecular weight excluding hydrogens is 244 g/mol. The molecule has 5 heteroatoms. The van der Waals surface area contributed by atoms with Gasteiger partial charge in [0, 0.05) is 6.07 Å². The SMILES string of the molecule is O=c1[nH]c2ccccc2c(=O)n1-c1cccc(O)c1. The summed E-state index contributed by atoms with van der Waals surface area (Å²) in [6, 6.07) is 12.8. The molecule has 94 valence electrons. The van der Waals surface area contributed by atoms with E-state index in [2.05, 4.69) is 4.98 Å². The summed E-state index contributed by atoms with van der Waals surface area (Å²) in [6.45, 7) is 0. The number of phenolic OH excluding ortho intramolecular Hbond substituents is 1. The normalized spacial score (nSPS) is 10.7. The molecule has 2 N–H and O–H groups in total. The fraction of sp³-hybridized carbons (Fsp3) is 0. The summed E-state index contributed by atoms with van der Waals surface area (Å²) in [5.74, 6) is -0.00282. The van der Waals surface area contributed by atoms with Gasteiger partial charge in [-0.05, 0) is 24.3 Å². The van der Waals surface area contributed by atoms with Crippen LogP contribution < -0.4 is 11.2 Å². The van der Waals surface area contributed by atoms with E-state index in [1.54, 1.807) is 36.4 Å². The Morgan fingerprint density at radius 1 is 1.00 bits per heavy atom. The molecule has 0 bridgehead atoms. The molecule has 0 unspecified atom stereocenters. The second kappa shape index (κ2) is 4.13. The Balaban J connectivity index is 2.42. The zero-order valence-corrected chi connectivity index (χ0v) is 9.83. The van der Waals surface area contributed by atoms with E-state index < -0.39 is 11.2 Å². The molecule has 0 atom stereocenters. The van der Waals surface area contributed by atoms with Crippen molar-refractivity contribution in [2.75, 3.05) is 0 Å². The van der Waals surface area contributed by atoms with Gasteiger partial charge in [0.15, 0.2) is 0 Å². The molecular formula is C14H10N2O3. The Hall–Kier alpha value is -2.82. The van der Waals surface area contributed by atoms with E-state index in [9.17, 15) is 14.7 Å². The monoisotopic (exact) mass is 254 g/mol. The summed E-state index contributed by atoms with van der Waals surface area (Å²) < 4.78 is 1.00. The lowest BCUT2D eigenvalue weighted by Gasteiger charge is -2.06. The quantitative estimate of drug-likeness (QED) is 0.689. The molecule has 0 saturated carbocycles. The lowest BCUT2D eigenvalue weighted by molar-refractivity contribution is 0.475. The summed E-state index contributed by atoms with van der Waals surface area (Å²) in [5.41, 5.74) is -0.120. The third-order valence-corrected chi connectivity index (χ3v) is 2.89. The number of H-pyrrole nitrogens is 1. The van der Waals surface area contributed by atoms with Crippen LogP contribution in [0.25, 0.3) is 16.6 Å². The molecule has 1 heterocycles. The Morgan fingerprint density at radius 3 is 2.58 bits per heavy atom. The van der Waals surface area contributed by atoms with Crippen molar-refractivity contribution in [2.45, 2.75) is 0 Å². The highest BCUT2D eigenvalue weighted by Gasteiger charge is 2.09. The average Bonchev–Trinajstić information content (AvgIpc) is 2.39. The first-order valence-corrected chi connectivity index (χ1v) is 5.70. The summed E-state index contributed by atoms with van der Waals surface area (Å²) in [6.07, 6.45) is 0. The van der Waals surface area contributed by atoms with E-state index in [4.69, 9.17) is 0 Å². The Bertz CT molecular complexity index is 877. The number of hydrogen-bond acceptors (Lipinski definition) is 3. The fourth-order valence-corrected chi connectivity index (χ4v) is 2.03. The van der Waals surface area contributed by atoms with Gasteiger partial charge >= 0.3 is 5.69 Å². The molecule has 19 heavy (non-hydrogen) atoms. The van der Waals surface area contributed by atoms with Gasteiger partial charge in [0.2, 0.25) is 0 Å². The van der Waals surface area contributed by atoms with Gasteiger partial charge < -0.3 is 10.1 Å². The molecule has 0 radical (unpaired) electrons. The minimum absolute atomic E-state index is 0.00282. The molecule has 0 amide bonds. The van der Waals surface area contributed by atoms with Crippen molar-refractivity contribution in [1.29, 1.82) is 0 Å². The highest BCUT2D eigenvalue weighted by Crippen LogP contribution is 2.13. The number of para-hydroxylation sites is 1. The van der Waals surface area contributed by atoms with Gasteiger partial charge in [-0.25, -0.2) is 9.36 Å². The molecule has 0 aliphatic heterocycles. The molecule has 0 fully saturated rings. The first-order chi connectivity index (χ1) is 9.16. The number of aromatic hydroxyl groups is 1. The van der Waals surface area contributed by atoms with Gasteiger partial charge in [-0.2, -0.15) is 0 Å². The minimum Gasteiger partial charge on any atom is -0.508 e. The average molecular weight is 254 g/mol. The van der Waals surface area contributed by atoms with Gasteiger partial charge in [0.05, 0.1) is 16.6 Å². The van der Waals surface area contributed by atoms with Crippen molar-refractivity contribution < 1.29 is 5.11 Å². The third kappa shape index (κ3) is 1.81. The lowest BCUT2D eigenvalue weighted by Crippen LogP contribution is -2.33. The Kier molecular flexibility index (Phi) is 2.45. The lowest BCUT2D eigenvalue weighted by atomic mass is 10.2. The predicted molar refractivity (Wildman–Crippen MR) is 71.8 cm³/mol. The van der Waals surface area contributed by atoms with E-state index in [0.717, 1.165) is 4.57 Å². The zero-order chi connectivity index (χ0) is 13.4. The number of nitrogens with zero attached hydrogens (tertiary/aromatic N) is 1. The van der Waals surface area contributed by atoms with Crippen LogP contribution >= 0.6 is 0 Å². The molecule has 0 aliphatic rings. The molecule has 0 aliphatic carbocycles. The van der Waals surface area contributed by atoms with E-state index in [-0.39, 0.29) is 5.75 Å². The third-order valence-electron chi connectivity index (χ3n) is 2.89. The van der Waals surface area contributed by atoms with Gasteiger partial charge in [0.25, 0.3) is 5.56 Å². The van der Waals surface area contributed by atoms with Crippen molar-refractivity contribution in [3.8, 4) is 11.4 Å². The van der Waals surface area contributed by atoms with E-state index >= 15 is 0 Å². The second-order valence-electron chi connectivity index (χ2n) is 4.14. The smallest absolute Gasteiger partial charge is 0.333 e. The highest BCUT2D eigenvalue weighted by atomic mass is 16.3. The standard InChI is InChI=1S/C14H10N2O3/c17-10-5-3-4-9(8-10)16-13(18)11-6-1-2-7-12(11)15-14(16)19/h1-8,17H,(H,15,19). The molecule has 3 aromatic rings.